The number of fused-ring (bicyclic) bond motifs is 1. The minimum absolute atomic E-state index is 0.0996. The van der Waals surface area contributed by atoms with Crippen LogP contribution in [0.1, 0.15) is 20.9 Å². The molecule has 0 bridgehead atoms. The molecule has 1 aromatic heterocycles. The zero-order chi connectivity index (χ0) is 19.7. The van der Waals surface area contributed by atoms with Crippen LogP contribution in [0.2, 0.25) is 0 Å². The van der Waals surface area contributed by atoms with Crippen LogP contribution >= 0.6 is 11.3 Å². The van der Waals surface area contributed by atoms with Crippen molar-refractivity contribution >= 4 is 38.7 Å². The Labute approximate surface area is 163 Å². The third-order valence-electron chi connectivity index (χ3n) is 4.14. The van der Waals surface area contributed by atoms with Crippen LogP contribution in [0.15, 0.2) is 72.8 Å². The number of nitrogens with zero attached hydrogens (tertiary/aromatic N) is 1. The number of rotatable bonds is 4. The summed E-state index contributed by atoms with van der Waals surface area (Å²) in [6.07, 6.45) is 0. The van der Waals surface area contributed by atoms with Crippen molar-refractivity contribution in [2.45, 2.75) is 0 Å². The van der Waals surface area contributed by atoms with Gasteiger partial charge in [-0.2, -0.15) is 0 Å². The first kappa shape index (κ1) is 18.0. The lowest BCUT2D eigenvalue weighted by Crippen LogP contribution is -2.06. The molecule has 1 heterocycles. The van der Waals surface area contributed by atoms with Crippen LogP contribution < -0.4 is 0 Å². The van der Waals surface area contributed by atoms with Gasteiger partial charge >= 0.3 is 0 Å². The molecule has 0 saturated heterocycles. The Kier molecular flexibility index (Phi) is 4.71. The fourth-order valence-electron chi connectivity index (χ4n) is 2.85. The van der Waals surface area contributed by atoms with Gasteiger partial charge in [0.2, 0.25) is 0 Å². The number of halogens is 2. The number of benzene rings is 3. The van der Waals surface area contributed by atoms with Crippen molar-refractivity contribution in [3.63, 3.8) is 0 Å². The zero-order valence-corrected chi connectivity index (χ0v) is 15.2. The fraction of sp³-hybridized carbons (Fsp3) is 0. The highest BCUT2D eigenvalue weighted by atomic mass is 32.1. The van der Waals surface area contributed by atoms with Gasteiger partial charge in [0, 0.05) is 17.2 Å². The Morgan fingerprint density at radius 2 is 1.50 bits per heavy atom. The molecule has 6 heteroatoms. The van der Waals surface area contributed by atoms with Crippen LogP contribution in [-0.2, 0) is 0 Å². The Hall–Kier alpha value is -3.38. The molecule has 0 amide bonds. The van der Waals surface area contributed by atoms with Crippen LogP contribution in [0.3, 0.4) is 0 Å². The maximum absolute atomic E-state index is 13.7. The summed E-state index contributed by atoms with van der Waals surface area (Å²) in [5, 5.41) is 11.1. The molecule has 0 spiro atoms. The molecule has 0 atom stereocenters. The second kappa shape index (κ2) is 7.32. The van der Waals surface area contributed by atoms with Crippen molar-refractivity contribution in [2.24, 2.45) is 0 Å². The molecule has 3 aromatic carbocycles. The summed E-state index contributed by atoms with van der Waals surface area (Å²) in [5.74, 6) is -2.71. The molecule has 0 aliphatic carbocycles. The molecule has 0 aliphatic rings. The van der Waals surface area contributed by atoms with E-state index in [1.165, 1.54) is 11.3 Å². The average Bonchev–Trinajstić information content (AvgIpc) is 3.11. The summed E-state index contributed by atoms with van der Waals surface area (Å²) in [6.45, 7) is 0. The van der Waals surface area contributed by atoms with E-state index in [1.807, 2.05) is 18.2 Å². The van der Waals surface area contributed by atoms with E-state index < -0.39 is 23.2 Å². The van der Waals surface area contributed by atoms with E-state index >= 15 is 0 Å². The van der Waals surface area contributed by atoms with E-state index in [2.05, 4.69) is 4.98 Å². The van der Waals surface area contributed by atoms with E-state index in [0.29, 0.717) is 17.1 Å². The minimum atomic E-state index is -0.850. The van der Waals surface area contributed by atoms with Crippen molar-refractivity contribution in [3.05, 3.63) is 101 Å². The lowest BCUT2D eigenvalue weighted by molar-refractivity contribution is 0.105. The number of aliphatic hydroxyl groups excluding tert-OH is 1. The first-order chi connectivity index (χ1) is 13.5. The number of hydrogen-bond donors (Lipinski definition) is 1. The second-order valence-electron chi connectivity index (χ2n) is 6.06. The van der Waals surface area contributed by atoms with E-state index in [4.69, 9.17) is 0 Å². The molecular formula is C22H13F2NO2S. The summed E-state index contributed by atoms with van der Waals surface area (Å²) < 4.78 is 28.2. The molecule has 0 aliphatic heterocycles. The number of allylic oxidation sites excluding steroid dienone is 1. The second-order valence-corrected chi connectivity index (χ2v) is 7.09. The third-order valence-corrected chi connectivity index (χ3v) is 5.20. The van der Waals surface area contributed by atoms with Crippen molar-refractivity contribution < 1.29 is 18.7 Å². The molecule has 0 fully saturated rings. The molecule has 4 rings (SSSR count). The lowest BCUT2D eigenvalue weighted by atomic mass is 9.99. The minimum Gasteiger partial charge on any atom is -0.506 e. The lowest BCUT2D eigenvalue weighted by Gasteiger charge is -2.09. The fourth-order valence-corrected chi connectivity index (χ4v) is 3.86. The highest BCUT2D eigenvalue weighted by Gasteiger charge is 2.24. The number of Topliss-reactive ketones (excluding diaryl/α,β-unsaturated/α-hetero) is 1. The van der Waals surface area contributed by atoms with Gasteiger partial charge in [-0.1, -0.05) is 42.5 Å². The molecule has 138 valence electrons. The van der Waals surface area contributed by atoms with Gasteiger partial charge in [-0.15, -0.1) is 11.3 Å². The quantitative estimate of drug-likeness (QED) is 0.267. The van der Waals surface area contributed by atoms with Crippen molar-refractivity contribution in [2.75, 3.05) is 0 Å². The van der Waals surface area contributed by atoms with Crippen LogP contribution in [0.25, 0.3) is 21.5 Å². The van der Waals surface area contributed by atoms with Gasteiger partial charge in [0.15, 0.2) is 5.78 Å². The summed E-state index contributed by atoms with van der Waals surface area (Å²) >= 11 is 1.22. The monoisotopic (exact) mass is 393 g/mol. The number of carbonyl (C=O) groups is 1. The number of aliphatic hydroxyl groups is 1. The Bertz CT molecular complexity index is 1160. The van der Waals surface area contributed by atoms with Crippen LogP contribution in [0.4, 0.5) is 8.78 Å². The van der Waals surface area contributed by atoms with Crippen LogP contribution in [-0.4, -0.2) is 15.9 Å². The topological polar surface area (TPSA) is 50.2 Å². The molecule has 1 N–H and O–H groups in total. The molecule has 3 nitrogen and oxygen atoms in total. The van der Waals surface area contributed by atoms with E-state index in [1.54, 1.807) is 36.4 Å². The Morgan fingerprint density at radius 3 is 2.18 bits per heavy atom. The zero-order valence-electron chi connectivity index (χ0n) is 14.4. The molecule has 0 unspecified atom stereocenters. The molecule has 0 saturated carbocycles. The molecule has 4 aromatic rings. The summed E-state index contributed by atoms with van der Waals surface area (Å²) in [4.78, 5) is 17.6. The van der Waals surface area contributed by atoms with Crippen molar-refractivity contribution in [1.82, 2.24) is 4.98 Å². The van der Waals surface area contributed by atoms with Crippen molar-refractivity contribution in [3.8, 4) is 0 Å². The number of aromatic nitrogens is 1. The van der Waals surface area contributed by atoms with E-state index in [-0.39, 0.29) is 16.1 Å². The highest BCUT2D eigenvalue weighted by molar-refractivity contribution is 7.20. The number of para-hydroxylation sites is 1. The summed E-state index contributed by atoms with van der Waals surface area (Å²) in [6, 6.07) is 18.3. The van der Waals surface area contributed by atoms with Crippen LogP contribution in [0, 0.1) is 11.6 Å². The smallest absolute Gasteiger partial charge is 0.199 e. The summed E-state index contributed by atoms with van der Waals surface area (Å²) in [7, 11) is 0. The van der Waals surface area contributed by atoms with E-state index in [0.717, 1.165) is 16.8 Å². The molecule has 0 radical (unpaired) electrons. The van der Waals surface area contributed by atoms with Gasteiger partial charge in [0.25, 0.3) is 0 Å². The van der Waals surface area contributed by atoms with Crippen molar-refractivity contribution in [1.29, 1.82) is 0 Å². The maximum atomic E-state index is 13.7. The van der Waals surface area contributed by atoms with Gasteiger partial charge < -0.3 is 5.11 Å². The first-order valence-electron chi connectivity index (χ1n) is 8.38. The average molecular weight is 393 g/mol. The highest BCUT2D eigenvalue weighted by Crippen LogP contribution is 2.33. The maximum Gasteiger partial charge on any atom is 0.199 e. The molecule has 28 heavy (non-hydrogen) atoms. The number of thiazole rings is 1. The van der Waals surface area contributed by atoms with Gasteiger partial charge in [-0.05, 0) is 24.3 Å². The normalized spacial score (nSPS) is 12.1. The van der Waals surface area contributed by atoms with Gasteiger partial charge in [-0.25, -0.2) is 13.8 Å². The van der Waals surface area contributed by atoms with Gasteiger partial charge in [0.1, 0.15) is 28.0 Å². The number of hydrogen-bond acceptors (Lipinski definition) is 4. The van der Waals surface area contributed by atoms with Gasteiger partial charge in [0.05, 0.1) is 10.2 Å². The predicted molar refractivity (Wildman–Crippen MR) is 106 cm³/mol. The predicted octanol–water partition coefficient (Wildman–Crippen LogP) is 5.88. The third kappa shape index (κ3) is 3.42. The standard InChI is InChI=1S/C22H13F2NO2S/c23-15-10-14(11-16(24)12-15)21(27)19(20(26)13-6-2-1-3-7-13)22-25-17-8-4-5-9-18(17)28-22/h1-12,27H/b21-19+. The largest absolute Gasteiger partial charge is 0.506 e. The number of ketones is 1. The number of carbonyl (C=O) groups excluding carboxylic acids is 1. The molecular weight excluding hydrogens is 380 g/mol. The Morgan fingerprint density at radius 1 is 0.857 bits per heavy atom. The van der Waals surface area contributed by atoms with E-state index in [9.17, 15) is 18.7 Å². The summed E-state index contributed by atoms with van der Waals surface area (Å²) in [5.41, 5.74) is 0.771. The van der Waals surface area contributed by atoms with Crippen LogP contribution in [0.5, 0.6) is 0 Å². The Balaban J connectivity index is 1.96. The first-order valence-corrected chi connectivity index (χ1v) is 9.20. The van der Waals surface area contributed by atoms with Gasteiger partial charge in [-0.3, -0.25) is 4.79 Å². The SMILES string of the molecule is O=C(/C(=C(\O)c1cc(F)cc(F)c1)c1nc2ccccc2s1)c1ccccc1.